The molecule has 0 aliphatic heterocycles. The summed E-state index contributed by atoms with van der Waals surface area (Å²) in [5, 5.41) is 19.1. The van der Waals surface area contributed by atoms with E-state index in [1.807, 2.05) is 0 Å². The van der Waals surface area contributed by atoms with Crippen LogP contribution in [-0.4, -0.2) is 10.2 Å². The highest BCUT2D eigenvalue weighted by atomic mass is 19.1. The monoisotopic (exact) mass is 204 g/mol. The van der Waals surface area contributed by atoms with Gasteiger partial charge in [0.2, 0.25) is 0 Å². The van der Waals surface area contributed by atoms with Crippen molar-refractivity contribution in [3.05, 3.63) is 48.3 Å². The Morgan fingerprint density at radius 1 is 0.800 bits per heavy atom. The van der Waals surface area contributed by atoms with Crippen LogP contribution in [0.4, 0.5) is 4.39 Å². The highest BCUT2D eigenvalue weighted by Gasteiger charge is 2.08. The summed E-state index contributed by atoms with van der Waals surface area (Å²) in [6.45, 7) is 0. The van der Waals surface area contributed by atoms with Gasteiger partial charge in [0.15, 0.2) is 0 Å². The van der Waals surface area contributed by atoms with E-state index in [1.165, 1.54) is 42.5 Å². The van der Waals surface area contributed by atoms with Crippen molar-refractivity contribution in [1.29, 1.82) is 0 Å². The summed E-state index contributed by atoms with van der Waals surface area (Å²) in [4.78, 5) is 0. The Morgan fingerprint density at radius 2 is 1.33 bits per heavy atom. The Labute approximate surface area is 86.2 Å². The zero-order chi connectivity index (χ0) is 10.8. The van der Waals surface area contributed by atoms with Crippen molar-refractivity contribution in [2.24, 2.45) is 0 Å². The molecule has 15 heavy (non-hydrogen) atoms. The van der Waals surface area contributed by atoms with Crippen molar-refractivity contribution >= 4 is 0 Å². The lowest BCUT2D eigenvalue weighted by atomic mass is 10.0. The smallest absolute Gasteiger partial charge is 0.127 e. The van der Waals surface area contributed by atoms with E-state index in [4.69, 9.17) is 0 Å². The van der Waals surface area contributed by atoms with Gasteiger partial charge in [-0.2, -0.15) is 0 Å². The van der Waals surface area contributed by atoms with Gasteiger partial charge in [0.1, 0.15) is 17.3 Å². The standard InChI is InChI=1S/C12H9FO2/c13-9-6-4-8(5-7-9)12-10(14)2-1-3-11(12)15/h1-7,14-15H. The van der Waals surface area contributed by atoms with Crippen LogP contribution < -0.4 is 0 Å². The summed E-state index contributed by atoms with van der Waals surface area (Å²) >= 11 is 0. The van der Waals surface area contributed by atoms with Gasteiger partial charge in [-0.05, 0) is 29.8 Å². The Hall–Kier alpha value is -2.03. The van der Waals surface area contributed by atoms with Crippen LogP contribution in [0.5, 0.6) is 11.5 Å². The van der Waals surface area contributed by atoms with Crippen LogP contribution in [-0.2, 0) is 0 Å². The molecule has 0 spiro atoms. The third kappa shape index (κ3) is 1.76. The van der Waals surface area contributed by atoms with E-state index in [2.05, 4.69) is 0 Å². The fourth-order valence-corrected chi connectivity index (χ4v) is 1.44. The molecule has 3 heteroatoms. The van der Waals surface area contributed by atoms with Crippen molar-refractivity contribution in [1.82, 2.24) is 0 Å². The number of phenols is 2. The molecule has 0 unspecified atom stereocenters. The maximum absolute atomic E-state index is 12.7. The number of aromatic hydroxyl groups is 2. The van der Waals surface area contributed by atoms with Gasteiger partial charge in [0.05, 0.1) is 5.56 Å². The van der Waals surface area contributed by atoms with E-state index >= 15 is 0 Å². The van der Waals surface area contributed by atoms with E-state index in [0.29, 0.717) is 11.1 Å². The molecule has 0 aliphatic carbocycles. The van der Waals surface area contributed by atoms with Crippen molar-refractivity contribution in [2.75, 3.05) is 0 Å². The molecule has 2 N–H and O–H groups in total. The first-order chi connectivity index (χ1) is 7.18. The SMILES string of the molecule is Oc1cccc(O)c1-c1ccc(F)cc1. The van der Waals surface area contributed by atoms with E-state index in [1.54, 1.807) is 0 Å². The van der Waals surface area contributed by atoms with Crippen LogP contribution in [0.1, 0.15) is 0 Å². The molecule has 0 bridgehead atoms. The summed E-state index contributed by atoms with van der Waals surface area (Å²) in [5.74, 6) is -0.406. The average molecular weight is 204 g/mol. The predicted molar refractivity (Wildman–Crippen MR) is 55.2 cm³/mol. The molecule has 0 aliphatic rings. The van der Waals surface area contributed by atoms with Crippen LogP contribution >= 0.6 is 0 Å². The van der Waals surface area contributed by atoms with Gasteiger partial charge in [-0.3, -0.25) is 0 Å². The summed E-state index contributed by atoms with van der Waals surface area (Å²) in [6, 6.07) is 10.0. The first-order valence-electron chi connectivity index (χ1n) is 4.45. The van der Waals surface area contributed by atoms with Crippen molar-refractivity contribution in [3.63, 3.8) is 0 Å². The zero-order valence-electron chi connectivity index (χ0n) is 7.81. The molecule has 0 saturated heterocycles. The minimum Gasteiger partial charge on any atom is -0.507 e. The van der Waals surface area contributed by atoms with Crippen LogP contribution in [0.25, 0.3) is 11.1 Å². The second-order valence-corrected chi connectivity index (χ2v) is 3.18. The quantitative estimate of drug-likeness (QED) is 0.749. The number of benzene rings is 2. The number of hydrogen-bond acceptors (Lipinski definition) is 2. The fraction of sp³-hybridized carbons (Fsp3) is 0. The van der Waals surface area contributed by atoms with Gasteiger partial charge < -0.3 is 10.2 Å². The van der Waals surface area contributed by atoms with Gasteiger partial charge >= 0.3 is 0 Å². The molecule has 2 aromatic carbocycles. The second kappa shape index (κ2) is 3.61. The minimum atomic E-state index is -0.353. The molecule has 0 saturated carbocycles. The normalized spacial score (nSPS) is 10.2. The Balaban J connectivity index is 2.58. The van der Waals surface area contributed by atoms with Gasteiger partial charge in [0, 0.05) is 0 Å². The van der Waals surface area contributed by atoms with Gasteiger partial charge in [-0.15, -0.1) is 0 Å². The summed E-state index contributed by atoms with van der Waals surface area (Å²) in [5.41, 5.74) is 0.893. The summed E-state index contributed by atoms with van der Waals surface area (Å²) < 4.78 is 12.7. The summed E-state index contributed by atoms with van der Waals surface area (Å²) in [6.07, 6.45) is 0. The minimum absolute atomic E-state index is 0.0263. The number of halogens is 1. The van der Waals surface area contributed by atoms with Crippen LogP contribution in [0, 0.1) is 5.82 Å². The number of hydrogen-bond donors (Lipinski definition) is 2. The third-order valence-electron chi connectivity index (χ3n) is 2.15. The molecule has 2 rings (SSSR count). The highest BCUT2D eigenvalue weighted by molar-refractivity contribution is 5.75. The van der Waals surface area contributed by atoms with E-state index in [0.717, 1.165) is 0 Å². The molecule has 2 aromatic rings. The second-order valence-electron chi connectivity index (χ2n) is 3.18. The van der Waals surface area contributed by atoms with Crippen molar-refractivity contribution in [3.8, 4) is 22.6 Å². The van der Waals surface area contributed by atoms with Gasteiger partial charge in [-0.1, -0.05) is 18.2 Å². The Morgan fingerprint density at radius 3 is 1.87 bits per heavy atom. The molecule has 0 amide bonds. The molecule has 0 atom stereocenters. The maximum Gasteiger partial charge on any atom is 0.127 e. The molecule has 0 fully saturated rings. The average Bonchev–Trinajstić information content (AvgIpc) is 2.20. The van der Waals surface area contributed by atoms with Crippen LogP contribution in [0.3, 0.4) is 0 Å². The van der Waals surface area contributed by atoms with Crippen molar-refractivity contribution < 1.29 is 14.6 Å². The molecule has 2 nitrogen and oxygen atoms in total. The first-order valence-corrected chi connectivity index (χ1v) is 4.45. The lowest BCUT2D eigenvalue weighted by Crippen LogP contribution is -1.81. The zero-order valence-corrected chi connectivity index (χ0v) is 7.81. The van der Waals surface area contributed by atoms with E-state index < -0.39 is 0 Å². The molecule has 0 radical (unpaired) electrons. The molecule has 76 valence electrons. The first kappa shape index (κ1) is 9.52. The number of phenolic OH excluding ortho intramolecular Hbond substituents is 2. The maximum atomic E-state index is 12.7. The largest absolute Gasteiger partial charge is 0.507 e. The molecule has 0 heterocycles. The molecular weight excluding hydrogens is 195 g/mol. The Bertz CT molecular complexity index is 457. The van der Waals surface area contributed by atoms with E-state index in [-0.39, 0.29) is 17.3 Å². The number of rotatable bonds is 1. The topological polar surface area (TPSA) is 40.5 Å². The van der Waals surface area contributed by atoms with Crippen LogP contribution in [0.15, 0.2) is 42.5 Å². The van der Waals surface area contributed by atoms with Gasteiger partial charge in [0.25, 0.3) is 0 Å². The van der Waals surface area contributed by atoms with Gasteiger partial charge in [-0.25, -0.2) is 4.39 Å². The van der Waals surface area contributed by atoms with Crippen LogP contribution in [0.2, 0.25) is 0 Å². The highest BCUT2D eigenvalue weighted by Crippen LogP contribution is 2.36. The fourth-order valence-electron chi connectivity index (χ4n) is 1.44. The lowest BCUT2D eigenvalue weighted by Gasteiger charge is -2.06. The lowest BCUT2D eigenvalue weighted by molar-refractivity contribution is 0.454. The molecular formula is C12H9FO2. The van der Waals surface area contributed by atoms with E-state index in [9.17, 15) is 14.6 Å². The molecule has 0 aromatic heterocycles. The predicted octanol–water partition coefficient (Wildman–Crippen LogP) is 2.90. The summed E-state index contributed by atoms with van der Waals surface area (Å²) in [7, 11) is 0. The Kier molecular flexibility index (Phi) is 2.29. The third-order valence-corrected chi connectivity index (χ3v) is 2.15. The van der Waals surface area contributed by atoms with Crippen molar-refractivity contribution in [2.45, 2.75) is 0 Å².